The molecule has 0 spiro atoms. The minimum atomic E-state index is -1.31. The molecule has 1 aromatic heterocycles. The third kappa shape index (κ3) is 4.77. The predicted molar refractivity (Wildman–Crippen MR) is 72.9 cm³/mol. The van der Waals surface area contributed by atoms with Crippen LogP contribution < -0.4 is 11.1 Å². The largest absolute Gasteiger partial charge is 0.469 e. The molecule has 0 aliphatic rings. The molecule has 0 unspecified atom stereocenters. The molecule has 0 atom stereocenters. The van der Waals surface area contributed by atoms with E-state index in [0.717, 1.165) is 0 Å². The molecule has 1 amide bonds. The first kappa shape index (κ1) is 16.9. The second-order valence-corrected chi connectivity index (χ2v) is 3.98. The van der Waals surface area contributed by atoms with E-state index in [1.807, 2.05) is 0 Å². The van der Waals surface area contributed by atoms with Crippen LogP contribution >= 0.6 is 0 Å². The van der Waals surface area contributed by atoms with E-state index in [9.17, 15) is 14.4 Å². The van der Waals surface area contributed by atoms with Crippen molar-refractivity contribution in [2.45, 2.75) is 12.8 Å². The van der Waals surface area contributed by atoms with Gasteiger partial charge in [0.2, 0.25) is 0 Å². The van der Waals surface area contributed by atoms with E-state index in [0.29, 0.717) is 0 Å². The van der Waals surface area contributed by atoms with Crippen molar-refractivity contribution < 1.29 is 29.1 Å². The summed E-state index contributed by atoms with van der Waals surface area (Å²) in [6, 6.07) is 0. The average Bonchev–Trinajstić information content (AvgIpc) is 2.82. The number of amidine groups is 1. The molecule has 11 nitrogen and oxygen atoms in total. The zero-order valence-corrected chi connectivity index (χ0v) is 11.9. The van der Waals surface area contributed by atoms with Gasteiger partial charge < -0.3 is 20.4 Å². The van der Waals surface area contributed by atoms with E-state index in [1.165, 1.54) is 25.0 Å². The highest BCUT2D eigenvalue weighted by Gasteiger charge is 2.15. The van der Waals surface area contributed by atoms with E-state index in [2.05, 4.69) is 25.1 Å². The van der Waals surface area contributed by atoms with Gasteiger partial charge in [0, 0.05) is 7.05 Å². The summed E-state index contributed by atoms with van der Waals surface area (Å²) in [7, 11) is 2.69. The van der Waals surface area contributed by atoms with E-state index in [-0.39, 0.29) is 30.1 Å². The van der Waals surface area contributed by atoms with Crippen LogP contribution in [0.15, 0.2) is 11.4 Å². The third-order valence-corrected chi connectivity index (χ3v) is 2.45. The first-order valence-corrected chi connectivity index (χ1v) is 5.97. The second kappa shape index (κ2) is 7.61. The maximum atomic E-state index is 11.3. The summed E-state index contributed by atoms with van der Waals surface area (Å²) >= 11 is 0. The van der Waals surface area contributed by atoms with Crippen LogP contribution in [0.25, 0.3) is 0 Å². The molecule has 120 valence electrons. The van der Waals surface area contributed by atoms with Crippen molar-refractivity contribution in [3.8, 4) is 0 Å². The van der Waals surface area contributed by atoms with Crippen LogP contribution in [0.4, 0.5) is 10.6 Å². The van der Waals surface area contributed by atoms with Gasteiger partial charge in [0.25, 0.3) is 0 Å². The lowest BCUT2D eigenvalue weighted by Crippen LogP contribution is -2.19. The Bertz CT molecular complexity index is 608. The minimum Gasteiger partial charge on any atom is -0.469 e. The maximum absolute atomic E-state index is 11.3. The lowest BCUT2D eigenvalue weighted by molar-refractivity contribution is -0.148. The second-order valence-electron chi connectivity index (χ2n) is 3.98. The van der Waals surface area contributed by atoms with Gasteiger partial charge in [-0.2, -0.15) is 5.10 Å². The number of anilines is 1. The summed E-state index contributed by atoms with van der Waals surface area (Å²) in [5.74, 6) is -1.53. The number of nitrogens with two attached hydrogens (primary N) is 1. The van der Waals surface area contributed by atoms with Crippen molar-refractivity contribution in [2.24, 2.45) is 17.9 Å². The van der Waals surface area contributed by atoms with Crippen molar-refractivity contribution in [1.29, 1.82) is 0 Å². The van der Waals surface area contributed by atoms with Crippen LogP contribution in [0.1, 0.15) is 18.4 Å². The molecule has 0 aliphatic heterocycles. The van der Waals surface area contributed by atoms with E-state index < -0.39 is 18.0 Å². The topological polar surface area (TPSA) is 158 Å². The molecule has 0 saturated heterocycles. The number of esters is 1. The third-order valence-electron chi connectivity index (χ3n) is 2.45. The molecule has 1 rings (SSSR count). The summed E-state index contributed by atoms with van der Waals surface area (Å²) in [5, 5.41) is 18.0. The van der Waals surface area contributed by atoms with Crippen LogP contribution in [0, 0.1) is 0 Å². The van der Waals surface area contributed by atoms with Crippen LogP contribution in [-0.4, -0.2) is 45.9 Å². The molecule has 0 saturated carbocycles. The van der Waals surface area contributed by atoms with Crippen molar-refractivity contribution >= 4 is 29.7 Å². The lowest BCUT2D eigenvalue weighted by Gasteiger charge is -2.04. The number of amides is 1. The summed E-state index contributed by atoms with van der Waals surface area (Å²) in [6.45, 7) is 0. The first-order valence-electron chi connectivity index (χ1n) is 5.97. The minimum absolute atomic E-state index is 0.0689. The Hall–Kier alpha value is -3.11. The molecular weight excluding hydrogens is 298 g/mol. The summed E-state index contributed by atoms with van der Waals surface area (Å²) in [5.41, 5.74) is 5.75. The van der Waals surface area contributed by atoms with Gasteiger partial charge >= 0.3 is 18.0 Å². The molecule has 0 bridgehead atoms. The number of methoxy groups -OCH3 is 1. The van der Waals surface area contributed by atoms with Gasteiger partial charge in [-0.25, -0.2) is 9.59 Å². The van der Waals surface area contributed by atoms with Gasteiger partial charge in [-0.15, -0.1) is 0 Å². The smallest absolute Gasteiger partial charge is 0.410 e. The standard InChI is InChI=1S/C11H15N5O6/c1-16-10(14-11(19)20)6(5-13-16)9(12)15-22-8(18)4-3-7(17)21-2/h5,14H,3-4H2,1-2H3,(H2,12,15)(H,19,20). The number of oxime groups is 1. The fourth-order valence-electron chi connectivity index (χ4n) is 1.38. The monoisotopic (exact) mass is 313 g/mol. The molecule has 0 fully saturated rings. The highest BCUT2D eigenvalue weighted by molar-refractivity contribution is 6.03. The highest BCUT2D eigenvalue weighted by atomic mass is 16.7. The highest BCUT2D eigenvalue weighted by Crippen LogP contribution is 2.13. The Balaban J connectivity index is 2.71. The number of hydrogen-bond donors (Lipinski definition) is 3. The van der Waals surface area contributed by atoms with Gasteiger partial charge in [-0.3, -0.25) is 14.8 Å². The van der Waals surface area contributed by atoms with Gasteiger partial charge in [-0.05, 0) is 0 Å². The number of carboxylic acid groups (broad SMARTS) is 1. The summed E-state index contributed by atoms with van der Waals surface area (Å²) in [4.78, 5) is 37.4. The molecule has 0 radical (unpaired) electrons. The number of hydrogen-bond acceptors (Lipinski definition) is 7. The number of ether oxygens (including phenoxy) is 1. The molecule has 1 heterocycles. The Morgan fingerprint density at radius 2 is 2.05 bits per heavy atom. The van der Waals surface area contributed by atoms with E-state index in [4.69, 9.17) is 10.8 Å². The van der Waals surface area contributed by atoms with Crippen LogP contribution in [0.2, 0.25) is 0 Å². The molecule has 0 aliphatic carbocycles. The van der Waals surface area contributed by atoms with Crippen LogP contribution in [0.5, 0.6) is 0 Å². The Labute approximate surface area is 124 Å². The van der Waals surface area contributed by atoms with Crippen molar-refractivity contribution in [2.75, 3.05) is 12.4 Å². The normalized spacial score (nSPS) is 10.9. The number of carbonyl (C=O) groups excluding carboxylic acids is 2. The van der Waals surface area contributed by atoms with Gasteiger partial charge in [0.05, 0.1) is 31.7 Å². The molecule has 22 heavy (non-hydrogen) atoms. The Morgan fingerprint density at radius 3 is 2.64 bits per heavy atom. The van der Waals surface area contributed by atoms with E-state index in [1.54, 1.807) is 0 Å². The SMILES string of the molecule is COC(=O)CCC(=O)ON=C(N)c1cnn(C)c1NC(=O)O. The first-order chi connectivity index (χ1) is 10.3. The fourth-order valence-corrected chi connectivity index (χ4v) is 1.38. The number of nitrogens with zero attached hydrogens (tertiary/aromatic N) is 3. The van der Waals surface area contributed by atoms with Gasteiger partial charge in [0.1, 0.15) is 5.82 Å². The summed E-state index contributed by atoms with van der Waals surface area (Å²) < 4.78 is 5.60. The zero-order valence-electron chi connectivity index (χ0n) is 11.9. The Kier molecular flexibility index (Phi) is 5.86. The number of nitrogens with one attached hydrogen (secondary N) is 1. The number of rotatable bonds is 6. The fraction of sp³-hybridized carbons (Fsp3) is 0.364. The van der Waals surface area contributed by atoms with Crippen molar-refractivity contribution in [3.05, 3.63) is 11.8 Å². The molecule has 1 aromatic rings. The molecule has 0 aromatic carbocycles. The van der Waals surface area contributed by atoms with Crippen LogP contribution in [0.3, 0.4) is 0 Å². The van der Waals surface area contributed by atoms with E-state index >= 15 is 0 Å². The molecule has 4 N–H and O–H groups in total. The predicted octanol–water partition coefficient (Wildman–Crippen LogP) is -0.373. The number of carbonyl (C=O) groups is 3. The van der Waals surface area contributed by atoms with Gasteiger partial charge in [0.15, 0.2) is 5.84 Å². The number of aromatic nitrogens is 2. The van der Waals surface area contributed by atoms with Gasteiger partial charge in [-0.1, -0.05) is 5.16 Å². The Morgan fingerprint density at radius 1 is 1.41 bits per heavy atom. The number of aryl methyl sites for hydroxylation is 1. The molecular formula is C11H15N5O6. The average molecular weight is 313 g/mol. The maximum Gasteiger partial charge on any atom is 0.410 e. The van der Waals surface area contributed by atoms with Crippen molar-refractivity contribution in [1.82, 2.24) is 9.78 Å². The van der Waals surface area contributed by atoms with Crippen molar-refractivity contribution in [3.63, 3.8) is 0 Å². The molecule has 11 heteroatoms. The quantitative estimate of drug-likeness (QED) is 0.211. The summed E-state index contributed by atoms with van der Waals surface area (Å²) in [6.07, 6.45) is -0.431. The zero-order chi connectivity index (χ0) is 16.7. The lowest BCUT2D eigenvalue weighted by atomic mass is 10.3. The van der Waals surface area contributed by atoms with Crippen LogP contribution in [-0.2, 0) is 26.2 Å².